The molecule has 0 heterocycles. The number of ether oxygens (including phenoxy) is 1. The van der Waals surface area contributed by atoms with Gasteiger partial charge in [0.1, 0.15) is 12.2 Å². The van der Waals surface area contributed by atoms with Gasteiger partial charge in [0.25, 0.3) is 0 Å². The molecule has 2 aromatic rings. The van der Waals surface area contributed by atoms with Crippen LogP contribution in [0.1, 0.15) is 11.1 Å². The summed E-state index contributed by atoms with van der Waals surface area (Å²) in [6.45, 7) is -0.120. The van der Waals surface area contributed by atoms with Gasteiger partial charge in [-0.05, 0) is 17.7 Å². The Hall–Kier alpha value is -2.04. The van der Waals surface area contributed by atoms with E-state index in [4.69, 9.17) is 4.74 Å². The molecular weight excluding hydrogens is 260 g/mol. The first-order chi connectivity index (χ1) is 8.98. The van der Waals surface area contributed by atoms with Crippen LogP contribution in [-0.4, -0.2) is 0 Å². The van der Waals surface area contributed by atoms with Crippen LogP contribution in [0.15, 0.2) is 48.5 Å². The van der Waals surface area contributed by atoms with Gasteiger partial charge in [-0.1, -0.05) is 36.4 Å². The van der Waals surface area contributed by atoms with Crippen molar-refractivity contribution in [3.8, 4) is 5.75 Å². The third kappa shape index (κ3) is 3.24. The Labute approximate surface area is 107 Å². The number of halogens is 4. The largest absolute Gasteiger partial charge is 0.485 e. The van der Waals surface area contributed by atoms with Gasteiger partial charge >= 0.3 is 6.18 Å². The molecule has 0 aliphatic heterocycles. The van der Waals surface area contributed by atoms with E-state index in [2.05, 4.69) is 0 Å². The van der Waals surface area contributed by atoms with Crippen LogP contribution < -0.4 is 4.74 Å². The van der Waals surface area contributed by atoms with Gasteiger partial charge in [-0.25, -0.2) is 4.39 Å². The molecule has 0 saturated heterocycles. The van der Waals surface area contributed by atoms with E-state index in [1.807, 2.05) is 0 Å². The van der Waals surface area contributed by atoms with E-state index in [-0.39, 0.29) is 6.61 Å². The molecule has 0 bridgehead atoms. The molecule has 0 aliphatic carbocycles. The summed E-state index contributed by atoms with van der Waals surface area (Å²) in [4.78, 5) is 0. The summed E-state index contributed by atoms with van der Waals surface area (Å²) >= 11 is 0. The molecule has 5 heteroatoms. The van der Waals surface area contributed by atoms with Crippen LogP contribution in [0.5, 0.6) is 5.75 Å². The van der Waals surface area contributed by atoms with Gasteiger partial charge in [-0.15, -0.1) is 0 Å². The average molecular weight is 270 g/mol. The number of alkyl halides is 3. The molecule has 19 heavy (non-hydrogen) atoms. The fourth-order valence-electron chi connectivity index (χ4n) is 1.61. The highest BCUT2D eigenvalue weighted by Gasteiger charge is 2.35. The molecule has 0 N–H and O–H groups in total. The van der Waals surface area contributed by atoms with Crippen molar-refractivity contribution in [1.82, 2.24) is 0 Å². The van der Waals surface area contributed by atoms with Crippen molar-refractivity contribution < 1.29 is 22.3 Å². The smallest absolute Gasteiger partial charge is 0.420 e. The van der Waals surface area contributed by atoms with E-state index >= 15 is 0 Å². The standard InChI is InChI=1S/C14H10F4O/c15-12-8-4-7-11(14(16,17)18)13(12)19-9-10-5-2-1-3-6-10/h1-8H,9H2. The summed E-state index contributed by atoms with van der Waals surface area (Å²) in [5, 5.41) is 0. The van der Waals surface area contributed by atoms with E-state index in [0.29, 0.717) is 5.56 Å². The molecule has 0 saturated carbocycles. The topological polar surface area (TPSA) is 9.23 Å². The minimum Gasteiger partial charge on any atom is -0.485 e. The van der Waals surface area contributed by atoms with Crippen molar-refractivity contribution in [1.29, 1.82) is 0 Å². The molecule has 2 aromatic carbocycles. The molecule has 0 spiro atoms. The molecule has 0 amide bonds. The average Bonchev–Trinajstić information content (AvgIpc) is 2.37. The van der Waals surface area contributed by atoms with Crippen LogP contribution in [0, 0.1) is 5.82 Å². The van der Waals surface area contributed by atoms with Crippen molar-refractivity contribution in [3.05, 3.63) is 65.5 Å². The Kier molecular flexibility index (Phi) is 3.74. The predicted octanol–water partition coefficient (Wildman–Crippen LogP) is 4.42. The summed E-state index contributed by atoms with van der Waals surface area (Å²) in [7, 11) is 0. The Morgan fingerprint density at radius 1 is 0.895 bits per heavy atom. The van der Waals surface area contributed by atoms with E-state index < -0.39 is 23.3 Å². The zero-order valence-corrected chi connectivity index (χ0v) is 9.75. The summed E-state index contributed by atoms with van der Waals surface area (Å²) < 4.78 is 56.6. The normalized spacial score (nSPS) is 11.4. The van der Waals surface area contributed by atoms with Crippen molar-refractivity contribution in [2.75, 3.05) is 0 Å². The van der Waals surface area contributed by atoms with Crippen LogP contribution in [0.4, 0.5) is 17.6 Å². The highest BCUT2D eigenvalue weighted by atomic mass is 19.4. The molecule has 0 fully saturated rings. The summed E-state index contributed by atoms with van der Waals surface area (Å²) in [5.41, 5.74) is -0.442. The zero-order chi connectivity index (χ0) is 13.9. The van der Waals surface area contributed by atoms with E-state index in [1.165, 1.54) is 0 Å². The van der Waals surface area contributed by atoms with Crippen molar-refractivity contribution >= 4 is 0 Å². The molecule has 0 unspecified atom stereocenters. The number of benzene rings is 2. The number of hydrogen-bond acceptors (Lipinski definition) is 1. The van der Waals surface area contributed by atoms with Gasteiger partial charge < -0.3 is 4.74 Å². The fourth-order valence-corrected chi connectivity index (χ4v) is 1.61. The second-order valence-corrected chi connectivity index (χ2v) is 3.89. The van der Waals surface area contributed by atoms with E-state index in [9.17, 15) is 17.6 Å². The van der Waals surface area contributed by atoms with E-state index in [0.717, 1.165) is 18.2 Å². The maximum atomic E-state index is 13.5. The van der Waals surface area contributed by atoms with Crippen LogP contribution in [0.3, 0.4) is 0 Å². The molecule has 1 nitrogen and oxygen atoms in total. The lowest BCUT2D eigenvalue weighted by atomic mass is 10.2. The zero-order valence-electron chi connectivity index (χ0n) is 9.75. The quantitative estimate of drug-likeness (QED) is 0.750. The molecular formula is C14H10F4O. The first-order valence-corrected chi connectivity index (χ1v) is 5.51. The molecule has 0 radical (unpaired) electrons. The SMILES string of the molecule is Fc1cccc(C(F)(F)F)c1OCc1ccccc1. The molecule has 0 aliphatic rings. The van der Waals surface area contributed by atoms with Gasteiger partial charge in [0.05, 0.1) is 0 Å². The third-order valence-corrected chi connectivity index (χ3v) is 2.50. The van der Waals surface area contributed by atoms with E-state index in [1.54, 1.807) is 30.3 Å². The van der Waals surface area contributed by atoms with Crippen LogP contribution >= 0.6 is 0 Å². The van der Waals surface area contributed by atoms with Gasteiger partial charge in [0.15, 0.2) is 11.6 Å². The Bertz CT molecular complexity index is 549. The minimum absolute atomic E-state index is 0.120. The predicted molar refractivity (Wildman–Crippen MR) is 62.2 cm³/mol. The Morgan fingerprint density at radius 2 is 1.58 bits per heavy atom. The van der Waals surface area contributed by atoms with Crippen LogP contribution in [0.25, 0.3) is 0 Å². The summed E-state index contributed by atoms with van der Waals surface area (Å²) in [6.07, 6.45) is -4.64. The second kappa shape index (κ2) is 5.30. The lowest BCUT2D eigenvalue weighted by Gasteiger charge is -2.14. The Balaban J connectivity index is 2.25. The van der Waals surface area contributed by atoms with Crippen molar-refractivity contribution in [2.45, 2.75) is 12.8 Å². The van der Waals surface area contributed by atoms with Gasteiger partial charge in [0, 0.05) is 0 Å². The molecule has 0 atom stereocenters. The molecule has 100 valence electrons. The van der Waals surface area contributed by atoms with Gasteiger partial charge in [0.2, 0.25) is 0 Å². The number of rotatable bonds is 3. The molecule has 2 rings (SSSR count). The maximum Gasteiger partial charge on any atom is 0.420 e. The minimum atomic E-state index is -4.64. The van der Waals surface area contributed by atoms with Crippen molar-refractivity contribution in [2.24, 2.45) is 0 Å². The first kappa shape index (κ1) is 13.4. The summed E-state index contributed by atoms with van der Waals surface area (Å²) in [5.74, 6) is -1.79. The lowest BCUT2D eigenvalue weighted by Crippen LogP contribution is -2.10. The second-order valence-electron chi connectivity index (χ2n) is 3.89. The monoisotopic (exact) mass is 270 g/mol. The third-order valence-electron chi connectivity index (χ3n) is 2.50. The van der Waals surface area contributed by atoms with Crippen LogP contribution in [0.2, 0.25) is 0 Å². The Morgan fingerprint density at radius 3 is 2.21 bits per heavy atom. The lowest BCUT2D eigenvalue weighted by molar-refractivity contribution is -0.139. The highest BCUT2D eigenvalue weighted by molar-refractivity contribution is 5.37. The maximum absolute atomic E-state index is 13.5. The number of para-hydroxylation sites is 1. The fraction of sp³-hybridized carbons (Fsp3) is 0.143. The first-order valence-electron chi connectivity index (χ1n) is 5.51. The van der Waals surface area contributed by atoms with Crippen LogP contribution in [-0.2, 0) is 12.8 Å². The molecule has 0 aromatic heterocycles. The van der Waals surface area contributed by atoms with Gasteiger partial charge in [-0.2, -0.15) is 13.2 Å². The van der Waals surface area contributed by atoms with Crippen molar-refractivity contribution in [3.63, 3.8) is 0 Å². The highest BCUT2D eigenvalue weighted by Crippen LogP contribution is 2.37. The van der Waals surface area contributed by atoms with Gasteiger partial charge in [-0.3, -0.25) is 0 Å². The number of hydrogen-bond donors (Lipinski definition) is 0. The summed E-state index contributed by atoms with van der Waals surface area (Å²) in [6, 6.07) is 11.3.